The Hall–Kier alpha value is -4.06. The molecule has 3 aliphatic carbocycles. The zero-order valence-electron chi connectivity index (χ0n) is 18.2. The predicted molar refractivity (Wildman–Crippen MR) is 122 cm³/mol. The maximum absolute atomic E-state index is 13.5. The minimum absolute atomic E-state index is 0.223. The molecule has 2 atom stereocenters. The number of imide groups is 1. The first kappa shape index (κ1) is 20.5. The minimum Gasteiger partial charge on any atom is -0.456 e. The van der Waals surface area contributed by atoms with E-state index in [0.29, 0.717) is 5.56 Å². The lowest BCUT2D eigenvalue weighted by atomic mass is 9.55. The standard InChI is InChI=1S/C28H21NO5/c30-21(16-8-2-1-3-9-16)15-34-22(31)14-29-27(32)25-23-17-10-4-5-11-18(17)24(26(25)28(29)33)20-13-7-6-12-19(20)23/h1-13,23-26H,14-15H2. The summed E-state index contributed by atoms with van der Waals surface area (Å²) in [6.07, 6.45) is 0. The maximum atomic E-state index is 13.5. The monoisotopic (exact) mass is 451 g/mol. The largest absolute Gasteiger partial charge is 0.456 e. The number of carbonyl (C=O) groups is 4. The molecule has 0 radical (unpaired) electrons. The van der Waals surface area contributed by atoms with Gasteiger partial charge in [-0.3, -0.25) is 24.1 Å². The van der Waals surface area contributed by atoms with Crippen LogP contribution in [0.15, 0.2) is 78.9 Å². The summed E-state index contributed by atoms with van der Waals surface area (Å²) in [6, 6.07) is 24.5. The molecular formula is C28H21NO5. The van der Waals surface area contributed by atoms with E-state index in [1.54, 1.807) is 30.3 Å². The second-order valence-electron chi connectivity index (χ2n) is 8.98. The third-order valence-electron chi connectivity index (χ3n) is 7.29. The second-order valence-corrected chi connectivity index (χ2v) is 8.98. The summed E-state index contributed by atoms with van der Waals surface area (Å²) in [4.78, 5) is 52.8. The SMILES string of the molecule is O=C(CN1C(=O)C2C3c4ccccc4C(c4ccccc43)C2C1=O)OCC(=O)c1ccccc1. The third kappa shape index (κ3) is 2.95. The van der Waals surface area contributed by atoms with E-state index in [-0.39, 0.29) is 29.4 Å². The van der Waals surface area contributed by atoms with E-state index >= 15 is 0 Å². The molecular weight excluding hydrogens is 430 g/mol. The number of amides is 2. The predicted octanol–water partition coefficient (Wildman–Crippen LogP) is 3.30. The van der Waals surface area contributed by atoms with E-state index < -0.39 is 31.0 Å². The van der Waals surface area contributed by atoms with Crippen molar-refractivity contribution in [2.24, 2.45) is 11.8 Å². The highest BCUT2D eigenvalue weighted by Crippen LogP contribution is 2.60. The number of hydrogen-bond donors (Lipinski definition) is 0. The Morgan fingerprint density at radius 3 is 1.59 bits per heavy atom. The molecule has 0 saturated carbocycles. The van der Waals surface area contributed by atoms with Gasteiger partial charge in [0, 0.05) is 17.4 Å². The molecule has 34 heavy (non-hydrogen) atoms. The highest BCUT2D eigenvalue weighted by atomic mass is 16.5. The van der Waals surface area contributed by atoms with Gasteiger partial charge in [0.2, 0.25) is 11.8 Å². The second kappa shape index (κ2) is 7.76. The van der Waals surface area contributed by atoms with E-state index in [0.717, 1.165) is 27.2 Å². The van der Waals surface area contributed by atoms with E-state index in [4.69, 9.17) is 4.74 Å². The molecule has 7 rings (SSSR count). The first-order valence-electron chi connectivity index (χ1n) is 11.3. The minimum atomic E-state index is -0.771. The van der Waals surface area contributed by atoms with Gasteiger partial charge in [0.25, 0.3) is 0 Å². The van der Waals surface area contributed by atoms with E-state index in [1.165, 1.54) is 0 Å². The number of esters is 1. The van der Waals surface area contributed by atoms with Crippen LogP contribution in [0, 0.1) is 11.8 Å². The number of nitrogens with zero attached hydrogens (tertiary/aromatic N) is 1. The van der Waals surface area contributed by atoms with Crippen LogP contribution in [0.5, 0.6) is 0 Å². The Bertz CT molecular complexity index is 1230. The topological polar surface area (TPSA) is 80.8 Å². The van der Waals surface area contributed by atoms with Crippen molar-refractivity contribution in [2.75, 3.05) is 13.2 Å². The van der Waals surface area contributed by atoms with Gasteiger partial charge in [-0.2, -0.15) is 0 Å². The number of ether oxygens (including phenoxy) is 1. The fraction of sp³-hybridized carbons (Fsp3) is 0.214. The Morgan fingerprint density at radius 2 is 1.12 bits per heavy atom. The number of carbonyl (C=O) groups excluding carboxylic acids is 4. The number of likely N-dealkylation sites (tertiary alicyclic amines) is 1. The van der Waals surface area contributed by atoms with Gasteiger partial charge in [0.05, 0.1) is 11.8 Å². The molecule has 3 aromatic rings. The lowest BCUT2D eigenvalue weighted by Crippen LogP contribution is -2.41. The van der Waals surface area contributed by atoms with Crippen LogP contribution in [-0.4, -0.2) is 41.6 Å². The summed E-state index contributed by atoms with van der Waals surface area (Å²) in [6.45, 7) is -0.924. The number of ketones is 1. The molecule has 1 saturated heterocycles. The molecule has 1 aliphatic heterocycles. The van der Waals surface area contributed by atoms with Crippen molar-refractivity contribution in [3.8, 4) is 0 Å². The van der Waals surface area contributed by atoms with Gasteiger partial charge in [-0.25, -0.2) is 0 Å². The fourth-order valence-corrected chi connectivity index (χ4v) is 5.92. The quantitative estimate of drug-likeness (QED) is 0.338. The van der Waals surface area contributed by atoms with Gasteiger partial charge < -0.3 is 4.74 Å². The maximum Gasteiger partial charge on any atom is 0.326 e. The highest BCUT2D eigenvalue weighted by molar-refractivity contribution is 6.09. The molecule has 2 bridgehead atoms. The summed E-state index contributed by atoms with van der Waals surface area (Å²) < 4.78 is 5.13. The zero-order chi connectivity index (χ0) is 23.4. The summed E-state index contributed by atoms with van der Waals surface area (Å²) in [5.74, 6) is -3.33. The lowest BCUT2D eigenvalue weighted by Gasteiger charge is -2.45. The van der Waals surface area contributed by atoms with Gasteiger partial charge in [0.15, 0.2) is 12.4 Å². The first-order valence-corrected chi connectivity index (χ1v) is 11.3. The molecule has 0 spiro atoms. The zero-order valence-corrected chi connectivity index (χ0v) is 18.2. The van der Waals surface area contributed by atoms with Crippen LogP contribution in [0.3, 0.4) is 0 Å². The molecule has 1 fully saturated rings. The van der Waals surface area contributed by atoms with Crippen molar-refractivity contribution in [2.45, 2.75) is 11.8 Å². The average molecular weight is 451 g/mol. The summed E-state index contributed by atoms with van der Waals surface area (Å²) in [5.41, 5.74) is 4.73. The first-order chi connectivity index (χ1) is 16.6. The molecule has 3 aromatic carbocycles. The van der Waals surface area contributed by atoms with Crippen LogP contribution in [0.25, 0.3) is 0 Å². The van der Waals surface area contributed by atoms with Crippen LogP contribution in [-0.2, 0) is 19.1 Å². The van der Waals surface area contributed by atoms with Crippen LogP contribution in [0.4, 0.5) is 0 Å². The number of benzene rings is 3. The summed E-state index contributed by atoms with van der Waals surface area (Å²) in [7, 11) is 0. The number of Topliss-reactive ketones (excluding diaryl/α,β-unsaturated/α-hetero) is 1. The van der Waals surface area contributed by atoms with Crippen molar-refractivity contribution < 1.29 is 23.9 Å². The van der Waals surface area contributed by atoms with Crippen molar-refractivity contribution in [3.63, 3.8) is 0 Å². The van der Waals surface area contributed by atoms with Gasteiger partial charge in [0.1, 0.15) is 6.54 Å². The normalized spacial score (nSPS) is 23.8. The molecule has 0 aromatic heterocycles. The van der Waals surface area contributed by atoms with E-state index in [2.05, 4.69) is 0 Å². The fourth-order valence-electron chi connectivity index (χ4n) is 5.92. The molecule has 1 heterocycles. The average Bonchev–Trinajstić information content (AvgIpc) is 3.13. The highest BCUT2D eigenvalue weighted by Gasteiger charge is 2.61. The molecule has 2 unspecified atom stereocenters. The lowest BCUT2D eigenvalue weighted by molar-refractivity contribution is -0.152. The molecule has 2 amide bonds. The number of hydrogen-bond acceptors (Lipinski definition) is 5. The van der Waals surface area contributed by atoms with Crippen molar-refractivity contribution in [1.29, 1.82) is 0 Å². The van der Waals surface area contributed by atoms with Crippen molar-refractivity contribution >= 4 is 23.6 Å². The molecule has 6 nitrogen and oxygen atoms in total. The van der Waals surface area contributed by atoms with Gasteiger partial charge >= 0.3 is 5.97 Å². The van der Waals surface area contributed by atoms with Crippen LogP contribution >= 0.6 is 0 Å². The van der Waals surface area contributed by atoms with Crippen molar-refractivity contribution in [3.05, 3.63) is 107 Å². The Kier molecular flexibility index (Phi) is 4.69. The molecule has 6 heteroatoms. The van der Waals surface area contributed by atoms with Crippen LogP contribution in [0.2, 0.25) is 0 Å². The van der Waals surface area contributed by atoms with Gasteiger partial charge in [-0.1, -0.05) is 78.9 Å². The van der Waals surface area contributed by atoms with Crippen LogP contribution < -0.4 is 0 Å². The molecule has 0 N–H and O–H groups in total. The summed E-state index contributed by atoms with van der Waals surface area (Å²) in [5, 5.41) is 0. The summed E-state index contributed by atoms with van der Waals surface area (Å²) >= 11 is 0. The van der Waals surface area contributed by atoms with Crippen LogP contribution in [0.1, 0.15) is 44.4 Å². The van der Waals surface area contributed by atoms with E-state index in [1.807, 2.05) is 48.5 Å². The van der Waals surface area contributed by atoms with Crippen molar-refractivity contribution in [1.82, 2.24) is 4.90 Å². The van der Waals surface area contributed by atoms with Gasteiger partial charge in [-0.15, -0.1) is 0 Å². The Morgan fingerprint density at radius 1 is 0.676 bits per heavy atom. The Balaban J connectivity index is 1.25. The molecule has 4 aliphatic rings. The Labute approximate surface area is 196 Å². The van der Waals surface area contributed by atoms with E-state index in [9.17, 15) is 19.2 Å². The number of rotatable bonds is 5. The smallest absolute Gasteiger partial charge is 0.326 e. The third-order valence-corrected chi connectivity index (χ3v) is 7.29. The molecule has 168 valence electrons. The van der Waals surface area contributed by atoms with Gasteiger partial charge in [-0.05, 0) is 22.3 Å².